The molecule has 0 radical (unpaired) electrons. The lowest BCUT2D eigenvalue weighted by molar-refractivity contribution is 0.0480. The predicted molar refractivity (Wildman–Crippen MR) is 54.8 cm³/mol. The molecule has 1 aromatic rings. The second-order valence-electron chi connectivity index (χ2n) is 3.44. The van der Waals surface area contributed by atoms with E-state index >= 15 is 0 Å². The van der Waals surface area contributed by atoms with Gasteiger partial charge in [0.05, 0.1) is 11.4 Å². The number of aryl methyl sites for hydroxylation is 2. The van der Waals surface area contributed by atoms with Crippen molar-refractivity contribution in [2.75, 3.05) is 5.32 Å². The maximum atomic E-state index is 9.78. The number of rotatable bonds is 0. The van der Waals surface area contributed by atoms with Gasteiger partial charge in [-0.15, -0.1) is 0 Å². The number of fused-ring (bicyclic) bond motifs is 1. The number of anilines is 1. The van der Waals surface area contributed by atoms with Gasteiger partial charge in [0.25, 0.3) is 5.85 Å². The van der Waals surface area contributed by atoms with E-state index in [4.69, 9.17) is 11.5 Å². The third-order valence-corrected chi connectivity index (χ3v) is 2.19. The van der Waals surface area contributed by atoms with Crippen LogP contribution in [0.1, 0.15) is 17.1 Å². The summed E-state index contributed by atoms with van der Waals surface area (Å²) in [6, 6.07) is 0. The molecular formula is C8H12N6O. The van der Waals surface area contributed by atoms with Gasteiger partial charge < -0.3 is 16.2 Å². The number of hydrogen-bond donors (Lipinski definition) is 4. The van der Waals surface area contributed by atoms with E-state index in [1.165, 1.54) is 0 Å². The Morgan fingerprint density at radius 1 is 1.27 bits per heavy atom. The van der Waals surface area contributed by atoms with Gasteiger partial charge in [-0.3, -0.25) is 5.73 Å². The second-order valence-corrected chi connectivity index (χ2v) is 3.44. The quantitative estimate of drug-likeness (QED) is 0.401. The van der Waals surface area contributed by atoms with Crippen molar-refractivity contribution in [3.63, 3.8) is 0 Å². The molecule has 7 nitrogen and oxygen atoms in total. The van der Waals surface area contributed by atoms with Gasteiger partial charge >= 0.3 is 0 Å². The molecule has 1 aliphatic rings. The third kappa shape index (κ3) is 1.51. The molecule has 0 amide bonds. The number of aliphatic hydroxyl groups is 1. The first-order chi connectivity index (χ1) is 6.90. The molecule has 2 rings (SSSR count). The predicted octanol–water partition coefficient (Wildman–Crippen LogP) is -1.11. The lowest BCUT2D eigenvalue weighted by Crippen LogP contribution is -2.44. The number of nitrogens with zero attached hydrogens (tertiary/aromatic N) is 3. The number of aliphatic imine (C=N–C) groups is 1. The van der Waals surface area contributed by atoms with Crippen LogP contribution in [0.2, 0.25) is 0 Å². The minimum Gasteiger partial charge on any atom is -0.370 e. The van der Waals surface area contributed by atoms with Crippen LogP contribution in [-0.4, -0.2) is 21.0 Å². The molecule has 15 heavy (non-hydrogen) atoms. The van der Waals surface area contributed by atoms with Gasteiger partial charge in [-0.2, -0.15) is 4.99 Å². The molecule has 0 bridgehead atoms. The summed E-state index contributed by atoms with van der Waals surface area (Å²) < 4.78 is 0. The number of hydrogen-bond acceptors (Lipinski definition) is 7. The van der Waals surface area contributed by atoms with Crippen molar-refractivity contribution in [3.05, 3.63) is 17.1 Å². The van der Waals surface area contributed by atoms with Gasteiger partial charge in [-0.25, -0.2) is 9.97 Å². The highest BCUT2D eigenvalue weighted by Gasteiger charge is 2.34. The first-order valence-corrected chi connectivity index (χ1v) is 4.39. The third-order valence-electron chi connectivity index (χ3n) is 2.19. The van der Waals surface area contributed by atoms with E-state index in [9.17, 15) is 5.11 Å². The van der Waals surface area contributed by atoms with E-state index in [1.54, 1.807) is 6.92 Å². The maximum Gasteiger partial charge on any atom is 0.262 e. The molecule has 1 atom stereocenters. The summed E-state index contributed by atoms with van der Waals surface area (Å²) in [6.07, 6.45) is 0. The maximum absolute atomic E-state index is 9.78. The highest BCUT2D eigenvalue weighted by atomic mass is 16.3. The van der Waals surface area contributed by atoms with Crippen molar-refractivity contribution >= 4 is 11.8 Å². The van der Waals surface area contributed by atoms with Gasteiger partial charge in [0.2, 0.25) is 0 Å². The Labute approximate surface area is 86.2 Å². The summed E-state index contributed by atoms with van der Waals surface area (Å²) in [7, 11) is 0. The molecule has 0 aliphatic carbocycles. The first kappa shape index (κ1) is 9.81. The van der Waals surface area contributed by atoms with Crippen LogP contribution in [0.25, 0.3) is 0 Å². The highest BCUT2D eigenvalue weighted by Crippen LogP contribution is 2.26. The Kier molecular flexibility index (Phi) is 1.88. The van der Waals surface area contributed by atoms with Crippen molar-refractivity contribution in [1.29, 1.82) is 0 Å². The Balaban J connectivity index is 2.64. The van der Waals surface area contributed by atoms with Crippen LogP contribution in [-0.2, 0) is 5.85 Å². The zero-order chi connectivity index (χ0) is 11.2. The van der Waals surface area contributed by atoms with Crippen molar-refractivity contribution < 1.29 is 5.11 Å². The van der Waals surface area contributed by atoms with Crippen LogP contribution < -0.4 is 16.8 Å². The van der Waals surface area contributed by atoms with Crippen LogP contribution in [0.4, 0.5) is 5.82 Å². The van der Waals surface area contributed by atoms with Crippen LogP contribution >= 0.6 is 0 Å². The van der Waals surface area contributed by atoms with E-state index in [-0.39, 0.29) is 11.7 Å². The molecular weight excluding hydrogens is 196 g/mol. The van der Waals surface area contributed by atoms with Gasteiger partial charge in [-0.1, -0.05) is 0 Å². The van der Waals surface area contributed by atoms with E-state index in [0.29, 0.717) is 11.5 Å². The minimum absolute atomic E-state index is 0.0186. The zero-order valence-electron chi connectivity index (χ0n) is 8.44. The van der Waals surface area contributed by atoms with E-state index < -0.39 is 5.85 Å². The molecule has 0 aromatic carbocycles. The van der Waals surface area contributed by atoms with E-state index in [1.807, 2.05) is 6.92 Å². The molecule has 0 saturated carbocycles. The van der Waals surface area contributed by atoms with Gasteiger partial charge in [0.15, 0.2) is 17.5 Å². The number of guanidine groups is 1. The van der Waals surface area contributed by atoms with Crippen LogP contribution in [0, 0.1) is 13.8 Å². The summed E-state index contributed by atoms with van der Waals surface area (Å²) >= 11 is 0. The van der Waals surface area contributed by atoms with Crippen LogP contribution in [0.3, 0.4) is 0 Å². The van der Waals surface area contributed by atoms with Crippen molar-refractivity contribution in [2.24, 2.45) is 16.5 Å². The van der Waals surface area contributed by atoms with Gasteiger partial charge in [0, 0.05) is 0 Å². The molecule has 1 unspecified atom stereocenters. The smallest absolute Gasteiger partial charge is 0.262 e. The first-order valence-electron chi connectivity index (χ1n) is 4.39. The fourth-order valence-electron chi connectivity index (χ4n) is 1.33. The Hall–Kier alpha value is -1.73. The molecule has 0 spiro atoms. The van der Waals surface area contributed by atoms with Crippen molar-refractivity contribution in [3.8, 4) is 0 Å². The fourth-order valence-corrected chi connectivity index (χ4v) is 1.33. The molecule has 1 aliphatic heterocycles. The Morgan fingerprint density at radius 2 is 1.87 bits per heavy atom. The molecule has 80 valence electrons. The summed E-state index contributed by atoms with van der Waals surface area (Å²) in [5.41, 5.74) is 12.6. The topological polar surface area (TPSA) is 122 Å². The number of nitrogens with two attached hydrogens (primary N) is 2. The summed E-state index contributed by atoms with van der Waals surface area (Å²) in [6.45, 7) is 3.59. The standard InChI is InChI=1S/C8H12N6O/c1-3-4(2)12-6-5(11-3)8(10,15)14-7(9)13-6/h15H,10H2,1-2H3,(H3,9,12,13,14). The highest BCUT2D eigenvalue weighted by molar-refractivity contribution is 5.93. The SMILES string of the molecule is Cc1nc2c(nc1C)C(N)(O)N=C(N)N2. The summed E-state index contributed by atoms with van der Waals surface area (Å²) in [4.78, 5) is 12.0. The molecule has 0 saturated heterocycles. The Morgan fingerprint density at radius 3 is 2.53 bits per heavy atom. The molecule has 2 heterocycles. The molecule has 6 N–H and O–H groups in total. The van der Waals surface area contributed by atoms with E-state index in [0.717, 1.165) is 5.69 Å². The fraction of sp³-hybridized carbons (Fsp3) is 0.375. The molecule has 7 heteroatoms. The summed E-state index contributed by atoms with van der Waals surface area (Å²) in [5.74, 6) is -1.54. The van der Waals surface area contributed by atoms with Crippen LogP contribution in [0.5, 0.6) is 0 Å². The van der Waals surface area contributed by atoms with Gasteiger partial charge in [0.1, 0.15) is 0 Å². The Bertz CT molecular complexity index is 453. The van der Waals surface area contributed by atoms with Crippen molar-refractivity contribution in [1.82, 2.24) is 9.97 Å². The lowest BCUT2D eigenvalue weighted by atomic mass is 10.2. The lowest BCUT2D eigenvalue weighted by Gasteiger charge is -2.26. The number of nitrogens with one attached hydrogen (secondary N) is 1. The average molecular weight is 208 g/mol. The largest absolute Gasteiger partial charge is 0.370 e. The minimum atomic E-state index is -1.91. The summed E-state index contributed by atoms with van der Waals surface area (Å²) in [5, 5.41) is 12.5. The van der Waals surface area contributed by atoms with Gasteiger partial charge in [-0.05, 0) is 13.8 Å². The molecule has 1 aromatic heterocycles. The zero-order valence-corrected chi connectivity index (χ0v) is 8.44. The van der Waals surface area contributed by atoms with E-state index in [2.05, 4.69) is 20.3 Å². The average Bonchev–Trinajstić information content (AvgIpc) is 2.07. The number of aromatic nitrogens is 2. The second kappa shape index (κ2) is 2.88. The van der Waals surface area contributed by atoms with Crippen LogP contribution in [0.15, 0.2) is 4.99 Å². The normalized spacial score (nSPS) is 24.1. The van der Waals surface area contributed by atoms with Crippen molar-refractivity contribution in [2.45, 2.75) is 19.7 Å². The molecule has 0 fully saturated rings. The monoisotopic (exact) mass is 208 g/mol.